The van der Waals surface area contributed by atoms with E-state index >= 15 is 0 Å². The summed E-state index contributed by atoms with van der Waals surface area (Å²) in [5.41, 5.74) is 12.9. The molecule has 0 bridgehead atoms. The van der Waals surface area contributed by atoms with E-state index in [1.165, 1.54) is 32.5 Å². The summed E-state index contributed by atoms with van der Waals surface area (Å²) in [6.07, 6.45) is 7.46. The van der Waals surface area contributed by atoms with Crippen LogP contribution in [-0.2, 0) is 19.1 Å². The van der Waals surface area contributed by atoms with Gasteiger partial charge in [0.25, 0.3) is 0 Å². The first-order chi connectivity index (χ1) is 26.1. The first-order valence-electron chi connectivity index (χ1n) is 17.4. The van der Waals surface area contributed by atoms with E-state index in [2.05, 4.69) is 23.7 Å². The lowest BCUT2D eigenvalue weighted by Crippen LogP contribution is -2.18. The lowest BCUT2D eigenvalue weighted by Gasteiger charge is -2.16. The van der Waals surface area contributed by atoms with E-state index in [0.717, 1.165) is 43.2 Å². The summed E-state index contributed by atoms with van der Waals surface area (Å²) in [5, 5.41) is 0. The van der Waals surface area contributed by atoms with Gasteiger partial charge in [0.2, 0.25) is 0 Å². The quantitative estimate of drug-likeness (QED) is 0.0438. The Morgan fingerprint density at radius 1 is 0.648 bits per heavy atom. The fourth-order valence-corrected chi connectivity index (χ4v) is 7.59. The molecule has 0 fully saturated rings. The highest BCUT2D eigenvalue weighted by Crippen LogP contribution is 2.28. The molecule has 0 saturated heterocycles. The molecule has 2 unspecified atom stereocenters. The number of rotatable bonds is 18. The normalized spacial score (nSPS) is 13.1. The van der Waals surface area contributed by atoms with Gasteiger partial charge in [-0.15, -0.1) is 46.2 Å². The molecular formula is C42H46N2O6S4. The van der Waals surface area contributed by atoms with Crippen molar-refractivity contribution >= 4 is 58.1 Å². The van der Waals surface area contributed by atoms with E-state index in [0.29, 0.717) is 26.1 Å². The second-order valence-corrected chi connectivity index (χ2v) is 16.4. The van der Waals surface area contributed by atoms with Crippen LogP contribution in [0.1, 0.15) is 58.3 Å². The fraction of sp³-hybridized carbons (Fsp3) is 0.333. The molecule has 54 heavy (non-hydrogen) atoms. The van der Waals surface area contributed by atoms with Crippen molar-refractivity contribution in [1.29, 1.82) is 0 Å². The lowest BCUT2D eigenvalue weighted by molar-refractivity contribution is -0.141. The van der Waals surface area contributed by atoms with Crippen molar-refractivity contribution in [3.63, 3.8) is 0 Å². The molecule has 2 heterocycles. The highest BCUT2D eigenvalue weighted by Gasteiger charge is 2.16. The molecular weight excluding hydrogens is 757 g/mol. The van der Waals surface area contributed by atoms with E-state index in [4.69, 9.17) is 30.4 Å². The van der Waals surface area contributed by atoms with Gasteiger partial charge >= 0.3 is 11.9 Å². The Hall–Kier alpha value is -4.14. The lowest BCUT2D eigenvalue weighted by atomic mass is 10.0. The van der Waals surface area contributed by atoms with Crippen LogP contribution in [0.15, 0.2) is 94.7 Å². The number of ether oxygens (including phenoxy) is 4. The van der Waals surface area contributed by atoms with Crippen molar-refractivity contribution in [2.75, 3.05) is 38.9 Å². The van der Waals surface area contributed by atoms with Gasteiger partial charge < -0.3 is 30.4 Å². The SMILES string of the molecule is CSc1ccc(OCC#Cc2ccc(C(N)C[C@@H](C)COC(=O)/C=C\C(=O)OC[C@H](C)CC(N)c3ccc(C#CCOc4ccc(SC)cc4)s3)s2)cc1. The maximum absolute atomic E-state index is 12.3. The molecule has 0 radical (unpaired) electrons. The van der Waals surface area contributed by atoms with Crippen LogP contribution in [0.25, 0.3) is 0 Å². The average molecular weight is 803 g/mol. The predicted molar refractivity (Wildman–Crippen MR) is 222 cm³/mol. The summed E-state index contributed by atoms with van der Waals surface area (Å²) < 4.78 is 22.1. The van der Waals surface area contributed by atoms with Crippen molar-refractivity contribution in [3.05, 3.63) is 104 Å². The van der Waals surface area contributed by atoms with Crippen molar-refractivity contribution in [1.82, 2.24) is 0 Å². The molecule has 2 aromatic heterocycles. The predicted octanol–water partition coefficient (Wildman–Crippen LogP) is 8.51. The third kappa shape index (κ3) is 15.3. The average Bonchev–Trinajstić information content (AvgIpc) is 3.87. The summed E-state index contributed by atoms with van der Waals surface area (Å²) >= 11 is 6.45. The molecule has 0 aliphatic rings. The Kier molecular flexibility index (Phi) is 18.1. The van der Waals surface area contributed by atoms with Crippen LogP contribution < -0.4 is 20.9 Å². The zero-order valence-electron chi connectivity index (χ0n) is 30.9. The third-order valence-corrected chi connectivity index (χ3v) is 11.6. The number of hydrogen-bond donors (Lipinski definition) is 2. The van der Waals surface area contributed by atoms with Gasteiger partial charge in [-0.2, -0.15) is 0 Å². The standard InChI is InChI=1S/C42H46N2O6S4/c1-29(25-37(43)39-19-17-35(53-39)7-5-23-47-31-9-13-33(51-3)14-10-31)27-49-41(45)21-22-42(46)50-28-30(2)26-38(44)40-20-18-36(54-40)8-6-24-48-32-11-15-34(52-4)16-12-32/h9-22,29-30,37-38H,23-28,43-44H2,1-4H3/b22-21-/t29-,30-,37?,38?/m1/s1. The van der Waals surface area contributed by atoms with Gasteiger partial charge in [0.1, 0.15) is 24.7 Å². The van der Waals surface area contributed by atoms with Crippen molar-refractivity contribution in [2.24, 2.45) is 23.3 Å². The summed E-state index contributed by atoms with van der Waals surface area (Å²) in [4.78, 5) is 30.7. The number of thioether (sulfide) groups is 2. The van der Waals surface area contributed by atoms with Crippen LogP contribution in [0.2, 0.25) is 0 Å². The Morgan fingerprint density at radius 3 is 1.41 bits per heavy atom. The highest BCUT2D eigenvalue weighted by atomic mass is 32.2. The minimum Gasteiger partial charge on any atom is -0.481 e. The third-order valence-electron chi connectivity index (χ3n) is 7.84. The monoisotopic (exact) mass is 802 g/mol. The minimum absolute atomic E-state index is 0.00519. The van der Waals surface area contributed by atoms with Crippen LogP contribution in [0.4, 0.5) is 0 Å². The molecule has 4 N–H and O–H groups in total. The maximum atomic E-state index is 12.3. The number of carbonyl (C=O) groups is 2. The molecule has 0 amide bonds. The molecule has 4 rings (SSSR count). The van der Waals surface area contributed by atoms with Crippen molar-refractivity contribution in [2.45, 2.75) is 48.6 Å². The zero-order chi connectivity index (χ0) is 38.7. The topological polar surface area (TPSA) is 123 Å². The van der Waals surface area contributed by atoms with E-state index in [-0.39, 0.29) is 37.1 Å². The van der Waals surface area contributed by atoms with Gasteiger partial charge in [-0.1, -0.05) is 37.5 Å². The van der Waals surface area contributed by atoms with Gasteiger partial charge in [0, 0.05) is 43.8 Å². The Bertz CT molecular complexity index is 1790. The van der Waals surface area contributed by atoms with Crippen molar-refractivity contribution in [3.8, 4) is 35.2 Å². The fourth-order valence-electron chi connectivity index (χ4n) is 4.98. The smallest absolute Gasteiger partial charge is 0.331 e. The molecule has 2 aromatic carbocycles. The Labute approximate surface area is 335 Å². The molecule has 0 aliphatic carbocycles. The molecule has 0 saturated carbocycles. The van der Waals surface area contributed by atoms with E-state index in [9.17, 15) is 9.59 Å². The number of hydrogen-bond acceptors (Lipinski definition) is 12. The number of esters is 2. The second kappa shape index (κ2) is 22.9. The maximum Gasteiger partial charge on any atom is 0.331 e. The number of thiophene rings is 2. The van der Waals surface area contributed by atoms with Crippen LogP contribution in [0.5, 0.6) is 11.5 Å². The Morgan fingerprint density at radius 2 is 1.04 bits per heavy atom. The van der Waals surface area contributed by atoms with Crippen LogP contribution >= 0.6 is 46.2 Å². The minimum atomic E-state index is -0.619. The highest BCUT2D eigenvalue weighted by molar-refractivity contribution is 7.98. The van der Waals surface area contributed by atoms with Crippen LogP contribution in [0.3, 0.4) is 0 Å². The van der Waals surface area contributed by atoms with Gasteiger partial charge in [-0.25, -0.2) is 9.59 Å². The van der Waals surface area contributed by atoms with Gasteiger partial charge in [0.05, 0.1) is 23.0 Å². The summed E-state index contributed by atoms with van der Waals surface area (Å²) in [6.45, 7) is 4.85. The molecule has 0 aliphatic heterocycles. The number of nitrogens with two attached hydrogens (primary N) is 2. The van der Waals surface area contributed by atoms with Gasteiger partial charge in [0.15, 0.2) is 0 Å². The molecule has 4 atom stereocenters. The molecule has 0 spiro atoms. The Balaban J connectivity index is 1.08. The second-order valence-electron chi connectivity index (χ2n) is 12.4. The summed E-state index contributed by atoms with van der Waals surface area (Å²) in [6, 6.07) is 23.2. The summed E-state index contributed by atoms with van der Waals surface area (Å²) in [7, 11) is 0. The summed E-state index contributed by atoms with van der Waals surface area (Å²) in [5.74, 6) is 12.7. The number of carbonyl (C=O) groups excluding carboxylic acids is 2. The van der Waals surface area contributed by atoms with E-state index in [1.54, 1.807) is 23.5 Å². The first kappa shape index (κ1) is 42.6. The van der Waals surface area contributed by atoms with Gasteiger partial charge in [-0.3, -0.25) is 0 Å². The van der Waals surface area contributed by atoms with Crippen LogP contribution in [0, 0.1) is 35.5 Å². The molecule has 12 heteroatoms. The number of benzene rings is 2. The first-order valence-corrected chi connectivity index (χ1v) is 21.4. The zero-order valence-corrected chi connectivity index (χ0v) is 34.1. The molecule has 8 nitrogen and oxygen atoms in total. The largest absolute Gasteiger partial charge is 0.481 e. The van der Waals surface area contributed by atoms with E-state index < -0.39 is 11.9 Å². The molecule has 284 valence electrons. The molecule has 4 aromatic rings. The van der Waals surface area contributed by atoms with Crippen molar-refractivity contribution < 1.29 is 28.5 Å². The van der Waals surface area contributed by atoms with Crippen LogP contribution in [-0.4, -0.2) is 50.9 Å². The van der Waals surface area contributed by atoms with Gasteiger partial charge in [-0.05, 0) is 110 Å². The van der Waals surface area contributed by atoms with E-state index in [1.807, 2.05) is 99.2 Å².